The van der Waals surface area contributed by atoms with E-state index in [0.29, 0.717) is 30.3 Å². The molecule has 0 saturated heterocycles. The van der Waals surface area contributed by atoms with Gasteiger partial charge < -0.3 is 25.0 Å². The standard InChI is InChI=1S/C16H14N2O6/c19-11-5-10(7-17-15(11)16(22)18-8-14(20)21)9-1-2-12-13(6-9)24-4-3-23-12/h1-2,5-7,19H,3-4,8H2,(H,18,22)(H,20,21)/p+1. The van der Waals surface area contributed by atoms with E-state index < -0.39 is 18.4 Å². The number of carbonyl (C=O) groups is 2. The van der Waals surface area contributed by atoms with Crippen molar-refractivity contribution in [1.82, 2.24) is 10.3 Å². The number of ether oxygens (including phenoxy) is 2. The third-order valence-corrected chi connectivity index (χ3v) is 3.37. The largest absolute Gasteiger partial charge is 0.563 e. The quantitative estimate of drug-likeness (QED) is 0.773. The molecule has 1 aliphatic rings. The Kier molecular flexibility index (Phi) is 4.19. The van der Waals surface area contributed by atoms with Crippen LogP contribution in [0.4, 0.5) is 0 Å². The van der Waals surface area contributed by atoms with Gasteiger partial charge in [-0.2, -0.15) is 0 Å². The van der Waals surface area contributed by atoms with Gasteiger partial charge in [0.15, 0.2) is 23.7 Å². The highest BCUT2D eigenvalue weighted by atomic mass is 16.6. The number of fused-ring (bicyclic) bond motifs is 1. The Morgan fingerprint density at radius 1 is 1.17 bits per heavy atom. The zero-order chi connectivity index (χ0) is 17.1. The van der Waals surface area contributed by atoms with Crippen molar-refractivity contribution in [3.8, 4) is 28.4 Å². The van der Waals surface area contributed by atoms with Crippen LogP contribution >= 0.6 is 0 Å². The number of benzene rings is 1. The second-order valence-corrected chi connectivity index (χ2v) is 5.06. The molecule has 0 spiro atoms. The summed E-state index contributed by atoms with van der Waals surface area (Å²) in [7, 11) is 0. The molecule has 0 atom stereocenters. The summed E-state index contributed by atoms with van der Waals surface area (Å²) < 4.78 is 11.0. The van der Waals surface area contributed by atoms with Crippen LogP contribution in [0, 0.1) is 0 Å². The second kappa shape index (κ2) is 6.45. The Labute approximate surface area is 136 Å². The van der Waals surface area contributed by atoms with Crippen molar-refractivity contribution in [2.24, 2.45) is 0 Å². The van der Waals surface area contributed by atoms with Crippen molar-refractivity contribution in [2.45, 2.75) is 0 Å². The fourth-order valence-electron chi connectivity index (χ4n) is 2.25. The van der Waals surface area contributed by atoms with E-state index in [-0.39, 0.29) is 11.4 Å². The van der Waals surface area contributed by atoms with Crippen LogP contribution in [0.2, 0.25) is 0 Å². The lowest BCUT2D eigenvalue weighted by Gasteiger charge is -2.19. The number of hydrogen-bond donors (Lipinski definition) is 2. The molecule has 4 N–H and O–H groups in total. The lowest BCUT2D eigenvalue weighted by Crippen LogP contribution is -2.29. The minimum absolute atomic E-state index is 0.211. The molecule has 0 saturated carbocycles. The third kappa shape index (κ3) is 3.22. The zero-order valence-corrected chi connectivity index (χ0v) is 12.5. The molecule has 0 unspecified atom stereocenters. The summed E-state index contributed by atoms with van der Waals surface area (Å²) in [5.41, 5.74) is 1.13. The first-order valence-electron chi connectivity index (χ1n) is 7.16. The van der Waals surface area contributed by atoms with Crippen LogP contribution in [-0.4, -0.2) is 46.8 Å². The minimum atomic E-state index is -0.935. The predicted molar refractivity (Wildman–Crippen MR) is 83.3 cm³/mol. The molecule has 0 radical (unpaired) electrons. The van der Waals surface area contributed by atoms with Crippen LogP contribution in [0.25, 0.3) is 11.1 Å². The van der Waals surface area contributed by atoms with Crippen molar-refractivity contribution in [1.29, 1.82) is 0 Å². The molecule has 2 heterocycles. The molecular formula is C16H15N2O6+. The number of nitrogens with one attached hydrogen (secondary N) is 1. The fraction of sp³-hybridized carbons (Fsp3) is 0.188. The molecule has 124 valence electrons. The van der Waals surface area contributed by atoms with Crippen LogP contribution in [0.1, 0.15) is 10.5 Å². The molecule has 24 heavy (non-hydrogen) atoms. The van der Waals surface area contributed by atoms with Crippen LogP contribution in [0.5, 0.6) is 17.2 Å². The molecule has 3 rings (SSSR count). The molecule has 1 aromatic carbocycles. The fourth-order valence-corrected chi connectivity index (χ4v) is 2.25. The molecule has 1 aromatic heterocycles. The van der Waals surface area contributed by atoms with Crippen LogP contribution in [-0.2, 0) is 4.79 Å². The summed E-state index contributed by atoms with van der Waals surface area (Å²) in [5.74, 6) is -0.720. The van der Waals surface area contributed by atoms with Crippen molar-refractivity contribution < 1.29 is 29.3 Å². The highest BCUT2D eigenvalue weighted by molar-refractivity contribution is 5.96. The molecule has 0 aliphatic carbocycles. The summed E-state index contributed by atoms with van der Waals surface area (Å²) in [5, 5.41) is 19.0. The van der Waals surface area contributed by atoms with Gasteiger partial charge in [0.25, 0.3) is 5.91 Å². The molecule has 0 bridgehead atoms. The Morgan fingerprint density at radius 2 is 1.92 bits per heavy atom. The van der Waals surface area contributed by atoms with Crippen LogP contribution in [0.3, 0.4) is 0 Å². The predicted octanol–water partition coefficient (Wildman–Crippen LogP) is 0.206. The third-order valence-electron chi connectivity index (χ3n) is 3.37. The summed E-state index contributed by atoms with van der Waals surface area (Å²) >= 11 is 0. The normalized spacial score (nSPS) is 12.5. The molecule has 8 nitrogen and oxygen atoms in total. The van der Waals surface area contributed by atoms with E-state index in [4.69, 9.17) is 14.6 Å². The molecule has 8 heteroatoms. The Bertz CT molecular complexity index is 805. The van der Waals surface area contributed by atoms with E-state index in [0.717, 1.165) is 5.56 Å². The summed E-state index contributed by atoms with van der Waals surface area (Å²) in [6.45, 7) is 0.525. The van der Waals surface area contributed by atoms with Gasteiger partial charge in [-0.15, -0.1) is 0 Å². The van der Waals surface area contributed by atoms with Crippen LogP contribution < -0.4 is 14.8 Å². The maximum absolute atomic E-state index is 11.8. The van der Waals surface area contributed by atoms with Crippen molar-refractivity contribution in [3.63, 3.8) is 0 Å². The minimum Gasteiger partial charge on any atom is -0.563 e. The van der Waals surface area contributed by atoms with Gasteiger partial charge in [-0.1, -0.05) is 6.07 Å². The number of amides is 1. The highest BCUT2D eigenvalue weighted by Crippen LogP contribution is 2.35. The van der Waals surface area contributed by atoms with Gasteiger partial charge in [0.2, 0.25) is 0 Å². The number of rotatable bonds is 4. The average Bonchev–Trinajstić information content (AvgIpc) is 2.59. The van der Waals surface area contributed by atoms with Crippen molar-refractivity contribution >= 4 is 11.9 Å². The summed E-state index contributed by atoms with van der Waals surface area (Å²) in [6, 6.07) is 6.73. The molecule has 1 aliphatic heterocycles. The van der Waals surface area contributed by atoms with Crippen LogP contribution in [0.15, 0.2) is 30.5 Å². The van der Waals surface area contributed by atoms with E-state index >= 15 is 0 Å². The van der Waals surface area contributed by atoms with Crippen molar-refractivity contribution in [3.05, 3.63) is 36.2 Å². The topological polar surface area (TPSA) is 121 Å². The molecular weight excluding hydrogens is 316 g/mol. The maximum Gasteiger partial charge on any atom is 0.535 e. The lowest BCUT2D eigenvalue weighted by molar-refractivity contribution is -0.135. The number of nitrogens with zero attached hydrogens (tertiary/aromatic N) is 1. The van der Waals surface area contributed by atoms with Gasteiger partial charge in [-0.05, 0) is 23.8 Å². The van der Waals surface area contributed by atoms with E-state index in [1.165, 1.54) is 12.3 Å². The van der Waals surface area contributed by atoms with Gasteiger partial charge >= 0.3 is 5.97 Å². The van der Waals surface area contributed by atoms with Gasteiger partial charge in [-0.3, -0.25) is 4.79 Å². The average molecular weight is 331 g/mol. The molecule has 1 amide bonds. The van der Waals surface area contributed by atoms with Crippen molar-refractivity contribution in [2.75, 3.05) is 19.8 Å². The number of aromatic nitrogens is 1. The van der Waals surface area contributed by atoms with E-state index in [1.807, 2.05) is 0 Å². The second-order valence-electron chi connectivity index (χ2n) is 5.06. The first kappa shape index (κ1) is 15.6. The number of aromatic hydroxyl groups is 1. The first-order chi connectivity index (χ1) is 11.5. The number of carbonyl (C=O) groups excluding carboxylic acids is 2. The van der Waals surface area contributed by atoms with Gasteiger partial charge in [-0.25, -0.2) is 4.98 Å². The monoisotopic (exact) mass is 331 g/mol. The van der Waals surface area contributed by atoms with E-state index in [2.05, 4.69) is 10.3 Å². The van der Waals surface area contributed by atoms with Gasteiger partial charge in [0, 0.05) is 16.6 Å². The number of hydrogen-bond acceptors (Lipinski definition) is 6. The number of pyridine rings is 1. The molecule has 2 aromatic rings. The Balaban J connectivity index is 1.84. The van der Waals surface area contributed by atoms with Gasteiger partial charge in [0.1, 0.15) is 19.0 Å². The molecule has 0 fully saturated rings. The Morgan fingerprint density at radius 3 is 2.62 bits per heavy atom. The lowest BCUT2D eigenvalue weighted by atomic mass is 10.1. The SMILES string of the molecule is O=C([OH2+])CNC(=O)c1ncc(-c2ccc3c(c2)OCCO3)cc1O. The Hall–Kier alpha value is -3.29. The van der Waals surface area contributed by atoms with Gasteiger partial charge in [0.05, 0.1) is 0 Å². The van der Waals surface area contributed by atoms with E-state index in [1.54, 1.807) is 18.2 Å². The first-order valence-corrected chi connectivity index (χ1v) is 7.16. The summed E-state index contributed by atoms with van der Waals surface area (Å²) in [6.07, 6.45) is 1.43. The highest BCUT2D eigenvalue weighted by Gasteiger charge is 2.18. The smallest absolute Gasteiger partial charge is 0.535 e. The summed E-state index contributed by atoms with van der Waals surface area (Å²) in [4.78, 5) is 26.3. The maximum atomic E-state index is 11.8. The van der Waals surface area contributed by atoms with E-state index in [9.17, 15) is 14.7 Å². The zero-order valence-electron chi connectivity index (χ0n) is 12.5.